The van der Waals surface area contributed by atoms with E-state index in [2.05, 4.69) is 5.32 Å². The lowest BCUT2D eigenvalue weighted by Gasteiger charge is -2.41. The zero-order chi connectivity index (χ0) is 15.1. The maximum atomic E-state index is 12.1. The number of nitrogens with zero attached hydrogens (tertiary/aromatic N) is 1. The number of nitrogens with two attached hydrogens (primary N) is 1. The fourth-order valence-electron chi connectivity index (χ4n) is 2.02. The number of ether oxygens (including phenoxy) is 2. The van der Waals surface area contributed by atoms with E-state index >= 15 is 0 Å². The predicted octanol–water partition coefficient (Wildman–Crippen LogP) is -0.693. The first-order valence-corrected chi connectivity index (χ1v) is 6.88. The smallest absolute Gasteiger partial charge is 0.242 e. The van der Waals surface area contributed by atoms with Gasteiger partial charge in [-0.3, -0.25) is 9.59 Å². The number of rotatable bonds is 8. The number of methoxy groups -OCH3 is 2. The highest BCUT2D eigenvalue weighted by atomic mass is 16.5. The summed E-state index contributed by atoms with van der Waals surface area (Å²) in [7, 11) is 3.17. The van der Waals surface area contributed by atoms with Crippen LogP contribution in [0.1, 0.15) is 19.8 Å². The summed E-state index contributed by atoms with van der Waals surface area (Å²) in [4.78, 5) is 25.6. The van der Waals surface area contributed by atoms with Crippen LogP contribution in [-0.2, 0) is 19.1 Å². The molecule has 3 atom stereocenters. The Labute approximate surface area is 119 Å². The van der Waals surface area contributed by atoms with Gasteiger partial charge in [0.15, 0.2) is 0 Å². The van der Waals surface area contributed by atoms with Crippen LogP contribution in [0.2, 0.25) is 0 Å². The number of likely N-dealkylation sites (tertiary alicyclic amines) is 1. The molecule has 0 bridgehead atoms. The van der Waals surface area contributed by atoms with Gasteiger partial charge in [-0.25, -0.2) is 0 Å². The van der Waals surface area contributed by atoms with Crippen molar-refractivity contribution in [3.8, 4) is 0 Å². The maximum Gasteiger partial charge on any atom is 0.242 e. The summed E-state index contributed by atoms with van der Waals surface area (Å²) in [5, 5.41) is 2.75. The van der Waals surface area contributed by atoms with Crippen LogP contribution in [0.5, 0.6) is 0 Å². The molecule has 116 valence electrons. The third kappa shape index (κ3) is 4.16. The summed E-state index contributed by atoms with van der Waals surface area (Å²) in [6.07, 6.45) is 1.34. The molecule has 7 nitrogen and oxygen atoms in total. The van der Waals surface area contributed by atoms with Crippen LogP contribution in [-0.4, -0.2) is 62.9 Å². The zero-order valence-corrected chi connectivity index (χ0v) is 12.4. The van der Waals surface area contributed by atoms with E-state index in [1.54, 1.807) is 26.0 Å². The first-order chi connectivity index (χ1) is 9.52. The van der Waals surface area contributed by atoms with Gasteiger partial charge in [0.1, 0.15) is 6.23 Å². The first kappa shape index (κ1) is 16.9. The van der Waals surface area contributed by atoms with Gasteiger partial charge in [0, 0.05) is 40.3 Å². The average Bonchev–Trinajstić information content (AvgIpc) is 2.41. The molecule has 3 N–H and O–H groups in total. The molecule has 2 amide bonds. The number of amides is 2. The molecule has 20 heavy (non-hydrogen) atoms. The van der Waals surface area contributed by atoms with Gasteiger partial charge in [0.05, 0.1) is 12.0 Å². The van der Waals surface area contributed by atoms with Crippen LogP contribution in [0, 0.1) is 5.92 Å². The van der Waals surface area contributed by atoms with Gasteiger partial charge in [0.2, 0.25) is 11.8 Å². The van der Waals surface area contributed by atoms with Gasteiger partial charge >= 0.3 is 0 Å². The van der Waals surface area contributed by atoms with Gasteiger partial charge < -0.3 is 25.4 Å². The molecule has 0 radical (unpaired) electrons. The van der Waals surface area contributed by atoms with Crippen molar-refractivity contribution in [2.24, 2.45) is 11.7 Å². The minimum Gasteiger partial charge on any atom is -0.385 e. The molecular formula is C13H25N3O4. The Hall–Kier alpha value is -1.18. The Morgan fingerprint density at radius 2 is 2.15 bits per heavy atom. The topological polar surface area (TPSA) is 93.9 Å². The quantitative estimate of drug-likeness (QED) is 0.576. The van der Waals surface area contributed by atoms with E-state index in [-0.39, 0.29) is 18.0 Å². The molecule has 7 heteroatoms. The molecule has 0 spiro atoms. The third-order valence-electron chi connectivity index (χ3n) is 3.58. The van der Waals surface area contributed by atoms with Crippen molar-refractivity contribution in [2.45, 2.75) is 32.0 Å². The normalized spacial score (nSPS) is 21.0. The lowest BCUT2D eigenvalue weighted by molar-refractivity contribution is -0.163. The number of carbonyl (C=O) groups is 2. The molecule has 1 heterocycles. The van der Waals surface area contributed by atoms with E-state index in [1.165, 1.54) is 0 Å². The van der Waals surface area contributed by atoms with Gasteiger partial charge in [-0.05, 0) is 6.42 Å². The highest BCUT2D eigenvalue weighted by Crippen LogP contribution is 2.20. The fourth-order valence-corrected chi connectivity index (χ4v) is 2.02. The monoisotopic (exact) mass is 287 g/mol. The van der Waals surface area contributed by atoms with E-state index in [4.69, 9.17) is 15.2 Å². The van der Waals surface area contributed by atoms with Crippen LogP contribution in [0.25, 0.3) is 0 Å². The Bertz CT molecular complexity index is 336. The summed E-state index contributed by atoms with van der Waals surface area (Å²) < 4.78 is 10.0. The lowest BCUT2D eigenvalue weighted by atomic mass is 9.98. The Balaban J connectivity index is 2.39. The summed E-state index contributed by atoms with van der Waals surface area (Å²) in [6, 6.07) is -0.838. The van der Waals surface area contributed by atoms with Crippen LogP contribution in [0.4, 0.5) is 0 Å². The maximum absolute atomic E-state index is 12.1. The number of nitrogens with one attached hydrogen (secondary N) is 1. The molecule has 1 aliphatic rings. The lowest BCUT2D eigenvalue weighted by Crippen LogP contribution is -2.59. The Morgan fingerprint density at radius 1 is 1.45 bits per heavy atom. The molecule has 1 fully saturated rings. The minimum absolute atomic E-state index is 0.203. The minimum atomic E-state index is -0.838. The standard InChI is InChI=1S/C13H25N3O4/c1-9(12(17)15-6-4-8-19-2)11(14)13(18)16-7-5-10(16)20-3/h9-11H,4-8,14H2,1-3H3,(H,15,17). The van der Waals surface area contributed by atoms with Gasteiger partial charge in [-0.15, -0.1) is 0 Å². The van der Waals surface area contributed by atoms with Gasteiger partial charge in [-0.2, -0.15) is 0 Å². The number of hydrogen-bond donors (Lipinski definition) is 2. The van der Waals surface area contributed by atoms with Gasteiger partial charge in [-0.1, -0.05) is 6.92 Å². The zero-order valence-electron chi connectivity index (χ0n) is 12.4. The molecule has 0 aliphatic carbocycles. The Kier molecular flexibility index (Phi) is 6.90. The number of hydrogen-bond acceptors (Lipinski definition) is 5. The largest absolute Gasteiger partial charge is 0.385 e. The summed E-state index contributed by atoms with van der Waals surface area (Å²) in [5.74, 6) is -1.01. The van der Waals surface area contributed by atoms with Crippen molar-refractivity contribution in [2.75, 3.05) is 33.9 Å². The fraction of sp³-hybridized carbons (Fsp3) is 0.846. The first-order valence-electron chi connectivity index (χ1n) is 6.88. The van der Waals surface area contributed by atoms with Crippen LogP contribution in [0.3, 0.4) is 0 Å². The van der Waals surface area contributed by atoms with Crippen LogP contribution >= 0.6 is 0 Å². The molecule has 0 aromatic rings. The van der Waals surface area contributed by atoms with Crippen molar-refractivity contribution in [3.63, 3.8) is 0 Å². The number of carbonyl (C=O) groups excluding carboxylic acids is 2. The van der Waals surface area contributed by atoms with Gasteiger partial charge in [0.25, 0.3) is 0 Å². The molecule has 0 aromatic carbocycles. The van der Waals surface area contributed by atoms with Crippen molar-refractivity contribution in [1.29, 1.82) is 0 Å². The highest BCUT2D eigenvalue weighted by Gasteiger charge is 2.37. The summed E-state index contributed by atoms with van der Waals surface area (Å²) in [5.41, 5.74) is 5.89. The van der Waals surface area contributed by atoms with E-state index in [0.717, 1.165) is 12.8 Å². The second-order valence-corrected chi connectivity index (χ2v) is 4.96. The molecule has 1 aliphatic heterocycles. The molecular weight excluding hydrogens is 262 g/mol. The van der Waals surface area contributed by atoms with E-state index < -0.39 is 12.0 Å². The van der Waals surface area contributed by atoms with Crippen molar-refractivity contribution >= 4 is 11.8 Å². The second kappa shape index (κ2) is 8.18. The molecule has 0 aromatic heterocycles. The molecule has 1 saturated heterocycles. The molecule has 3 unspecified atom stereocenters. The predicted molar refractivity (Wildman–Crippen MR) is 73.8 cm³/mol. The molecule has 1 rings (SSSR count). The SMILES string of the molecule is COCCCNC(=O)C(C)C(N)C(=O)N1CCC1OC. The third-order valence-corrected chi connectivity index (χ3v) is 3.58. The van der Waals surface area contributed by atoms with Crippen LogP contribution < -0.4 is 11.1 Å². The van der Waals surface area contributed by atoms with Crippen molar-refractivity contribution in [3.05, 3.63) is 0 Å². The van der Waals surface area contributed by atoms with E-state index in [1.807, 2.05) is 0 Å². The highest BCUT2D eigenvalue weighted by molar-refractivity contribution is 5.90. The summed E-state index contributed by atoms with van der Waals surface area (Å²) >= 11 is 0. The average molecular weight is 287 g/mol. The van der Waals surface area contributed by atoms with Crippen LogP contribution in [0.15, 0.2) is 0 Å². The van der Waals surface area contributed by atoms with E-state index in [0.29, 0.717) is 19.7 Å². The molecule has 0 saturated carbocycles. The summed E-state index contributed by atoms with van der Waals surface area (Å²) in [6.45, 7) is 3.40. The Morgan fingerprint density at radius 3 is 2.65 bits per heavy atom. The van der Waals surface area contributed by atoms with Crippen molar-refractivity contribution in [1.82, 2.24) is 10.2 Å². The van der Waals surface area contributed by atoms with Crippen molar-refractivity contribution < 1.29 is 19.1 Å². The second-order valence-electron chi connectivity index (χ2n) is 4.96. The van der Waals surface area contributed by atoms with E-state index in [9.17, 15) is 9.59 Å².